The number of hydrogen-bond acceptors (Lipinski definition) is 3. The molecule has 1 heterocycles. The number of esters is 1. The van der Waals surface area contributed by atoms with Crippen LogP contribution in [-0.2, 0) is 16.0 Å². The maximum Gasteiger partial charge on any atom is 0.310 e. The summed E-state index contributed by atoms with van der Waals surface area (Å²) in [6.45, 7) is 1.60. The highest BCUT2D eigenvalue weighted by Crippen LogP contribution is 2.26. The number of ether oxygens (including phenoxy) is 1. The van der Waals surface area contributed by atoms with Crippen LogP contribution in [-0.4, -0.2) is 18.1 Å². The second kappa shape index (κ2) is 5.51. The Hall–Kier alpha value is -0.790. The highest BCUT2D eigenvalue weighted by Gasteiger charge is 2.19. The molecule has 3 nitrogen and oxygen atoms in total. The lowest BCUT2D eigenvalue weighted by atomic mass is 10.0. The summed E-state index contributed by atoms with van der Waals surface area (Å²) < 4.78 is 30.5. The average molecular weight is 341 g/mol. The van der Waals surface area contributed by atoms with Gasteiger partial charge in [-0.1, -0.05) is 0 Å². The Bertz CT molecular complexity index is 410. The second-order valence-corrected chi connectivity index (χ2v) is 4.26. The van der Waals surface area contributed by atoms with Gasteiger partial charge in [-0.25, -0.2) is 13.8 Å². The third kappa shape index (κ3) is 3.10. The predicted octanol–water partition coefficient (Wildman–Crippen LogP) is 2.65. The molecule has 0 aliphatic rings. The van der Waals surface area contributed by atoms with E-state index in [1.807, 2.05) is 22.6 Å². The fourth-order valence-electron chi connectivity index (χ4n) is 1.33. The van der Waals surface area contributed by atoms with Gasteiger partial charge >= 0.3 is 5.97 Å². The van der Waals surface area contributed by atoms with Gasteiger partial charge in [-0.15, -0.1) is 0 Å². The smallest absolute Gasteiger partial charge is 0.310 e. The monoisotopic (exact) mass is 341 g/mol. The van der Waals surface area contributed by atoms with Crippen LogP contribution in [0.4, 0.5) is 8.78 Å². The van der Waals surface area contributed by atoms with Gasteiger partial charge < -0.3 is 4.74 Å². The van der Waals surface area contributed by atoms with E-state index in [9.17, 15) is 13.6 Å². The molecule has 16 heavy (non-hydrogen) atoms. The van der Waals surface area contributed by atoms with Crippen molar-refractivity contribution in [3.63, 3.8) is 0 Å². The van der Waals surface area contributed by atoms with Gasteiger partial charge in [0.05, 0.1) is 13.5 Å². The molecule has 0 bridgehead atoms. The van der Waals surface area contributed by atoms with Gasteiger partial charge in [0, 0.05) is 11.3 Å². The predicted molar refractivity (Wildman–Crippen MR) is 62.4 cm³/mol. The number of carbonyl (C=O) groups is 1. The van der Waals surface area contributed by atoms with E-state index >= 15 is 0 Å². The average Bonchev–Trinajstić information content (AvgIpc) is 2.20. The molecule has 0 radical (unpaired) electrons. The molecule has 0 aromatic carbocycles. The molecule has 0 amide bonds. The standard InChI is InChI=1S/C10H10F2INO2/c1-5-6(4-9(15)16-2)7(10(11)12)3-8(13)14-5/h3,10H,4H2,1-2H3. The van der Waals surface area contributed by atoms with Crippen LogP contribution in [0.15, 0.2) is 6.07 Å². The van der Waals surface area contributed by atoms with Crippen molar-refractivity contribution in [2.45, 2.75) is 19.8 Å². The second-order valence-electron chi connectivity index (χ2n) is 3.15. The summed E-state index contributed by atoms with van der Waals surface area (Å²) in [6, 6.07) is 1.29. The van der Waals surface area contributed by atoms with Crippen LogP contribution < -0.4 is 0 Å². The van der Waals surface area contributed by atoms with E-state index in [0.717, 1.165) is 0 Å². The first-order valence-electron chi connectivity index (χ1n) is 4.46. The van der Waals surface area contributed by atoms with Crippen LogP contribution in [0.1, 0.15) is 23.2 Å². The van der Waals surface area contributed by atoms with E-state index < -0.39 is 12.4 Å². The Morgan fingerprint density at radius 1 is 1.62 bits per heavy atom. The largest absolute Gasteiger partial charge is 0.469 e. The number of hydrogen-bond donors (Lipinski definition) is 0. The number of rotatable bonds is 3. The van der Waals surface area contributed by atoms with Crippen molar-refractivity contribution >= 4 is 28.6 Å². The summed E-state index contributed by atoms with van der Waals surface area (Å²) in [5.74, 6) is -0.548. The molecule has 1 aromatic heterocycles. The first-order valence-corrected chi connectivity index (χ1v) is 5.54. The van der Waals surface area contributed by atoms with Crippen LogP contribution in [0.2, 0.25) is 0 Å². The SMILES string of the molecule is COC(=O)Cc1c(C(F)F)cc(I)nc1C. The van der Waals surface area contributed by atoms with E-state index in [4.69, 9.17) is 0 Å². The molecular formula is C10H10F2INO2. The molecular weight excluding hydrogens is 331 g/mol. The molecule has 0 fully saturated rings. The minimum absolute atomic E-state index is 0.151. The normalized spacial score (nSPS) is 10.6. The number of halogens is 3. The summed E-state index contributed by atoms with van der Waals surface area (Å²) in [7, 11) is 1.22. The molecule has 0 aliphatic carbocycles. The molecule has 88 valence electrons. The lowest BCUT2D eigenvalue weighted by Crippen LogP contribution is -2.10. The van der Waals surface area contributed by atoms with Crippen molar-refractivity contribution in [3.05, 3.63) is 26.6 Å². The molecule has 1 aromatic rings. The Kier molecular flexibility index (Phi) is 4.57. The maximum atomic E-state index is 12.8. The first kappa shape index (κ1) is 13.3. The fraction of sp³-hybridized carbons (Fsp3) is 0.400. The number of methoxy groups -OCH3 is 1. The Morgan fingerprint density at radius 2 is 2.25 bits per heavy atom. The Labute approximate surface area is 105 Å². The zero-order valence-electron chi connectivity index (χ0n) is 8.76. The van der Waals surface area contributed by atoms with E-state index in [2.05, 4.69) is 9.72 Å². The maximum absolute atomic E-state index is 12.8. The number of nitrogens with zero attached hydrogens (tertiary/aromatic N) is 1. The molecule has 0 spiro atoms. The van der Waals surface area contributed by atoms with E-state index in [1.165, 1.54) is 13.2 Å². The Balaban J connectivity index is 3.19. The van der Waals surface area contributed by atoms with E-state index in [1.54, 1.807) is 6.92 Å². The third-order valence-corrected chi connectivity index (χ3v) is 2.67. The minimum atomic E-state index is -2.62. The van der Waals surface area contributed by atoms with Gasteiger partial charge in [-0.2, -0.15) is 0 Å². The van der Waals surface area contributed by atoms with Crippen molar-refractivity contribution in [1.82, 2.24) is 4.98 Å². The van der Waals surface area contributed by atoms with E-state index in [0.29, 0.717) is 9.39 Å². The van der Waals surface area contributed by atoms with Gasteiger partial charge in [0.1, 0.15) is 3.70 Å². The molecule has 0 unspecified atom stereocenters. The molecule has 0 atom stereocenters. The molecule has 0 saturated heterocycles. The van der Waals surface area contributed by atoms with E-state index in [-0.39, 0.29) is 17.5 Å². The van der Waals surface area contributed by atoms with Gasteiger partial charge in [0.15, 0.2) is 0 Å². The summed E-state index contributed by atoms with van der Waals surface area (Å²) >= 11 is 1.86. The summed E-state index contributed by atoms with van der Waals surface area (Å²) in [6.07, 6.45) is -2.79. The third-order valence-electron chi connectivity index (χ3n) is 2.12. The van der Waals surface area contributed by atoms with Crippen molar-refractivity contribution in [1.29, 1.82) is 0 Å². The van der Waals surface area contributed by atoms with Crippen LogP contribution in [0, 0.1) is 10.6 Å². The van der Waals surface area contributed by atoms with Crippen LogP contribution in [0.3, 0.4) is 0 Å². The van der Waals surface area contributed by atoms with Gasteiger partial charge in [0.25, 0.3) is 6.43 Å². The lowest BCUT2D eigenvalue weighted by molar-refractivity contribution is -0.139. The summed E-state index contributed by atoms with van der Waals surface area (Å²) in [4.78, 5) is 15.1. The molecule has 0 aliphatic heterocycles. The zero-order valence-corrected chi connectivity index (χ0v) is 10.9. The molecule has 1 rings (SSSR count). The van der Waals surface area contributed by atoms with Crippen LogP contribution >= 0.6 is 22.6 Å². The van der Waals surface area contributed by atoms with Crippen molar-refractivity contribution in [2.75, 3.05) is 7.11 Å². The van der Waals surface area contributed by atoms with Gasteiger partial charge in [-0.05, 0) is 41.1 Å². The van der Waals surface area contributed by atoms with Crippen molar-refractivity contribution in [3.8, 4) is 0 Å². The highest BCUT2D eigenvalue weighted by molar-refractivity contribution is 14.1. The summed E-state index contributed by atoms with van der Waals surface area (Å²) in [5, 5.41) is 0. The van der Waals surface area contributed by atoms with Crippen LogP contribution in [0.25, 0.3) is 0 Å². The number of pyridine rings is 1. The molecule has 0 saturated carbocycles. The molecule has 0 N–H and O–H groups in total. The summed E-state index contributed by atoms with van der Waals surface area (Å²) in [5.41, 5.74) is 0.539. The lowest BCUT2D eigenvalue weighted by Gasteiger charge is -2.11. The minimum Gasteiger partial charge on any atom is -0.469 e. The van der Waals surface area contributed by atoms with Gasteiger partial charge in [-0.3, -0.25) is 4.79 Å². The quantitative estimate of drug-likeness (QED) is 0.482. The number of alkyl halides is 2. The number of carbonyl (C=O) groups excluding carboxylic acids is 1. The fourth-order valence-corrected chi connectivity index (χ4v) is 2.02. The van der Waals surface area contributed by atoms with Crippen molar-refractivity contribution < 1.29 is 18.3 Å². The van der Waals surface area contributed by atoms with Crippen molar-refractivity contribution in [2.24, 2.45) is 0 Å². The van der Waals surface area contributed by atoms with Gasteiger partial charge in [0.2, 0.25) is 0 Å². The Morgan fingerprint density at radius 3 is 2.75 bits per heavy atom. The molecule has 6 heteroatoms. The number of aryl methyl sites for hydroxylation is 1. The highest BCUT2D eigenvalue weighted by atomic mass is 127. The number of aromatic nitrogens is 1. The zero-order chi connectivity index (χ0) is 12.3. The topological polar surface area (TPSA) is 39.2 Å². The van der Waals surface area contributed by atoms with Crippen LogP contribution in [0.5, 0.6) is 0 Å². The first-order chi connectivity index (χ1) is 7.45.